The first-order chi connectivity index (χ1) is 12.6. The van der Waals surface area contributed by atoms with Crippen molar-refractivity contribution in [1.29, 1.82) is 0 Å². The van der Waals surface area contributed by atoms with Crippen molar-refractivity contribution in [3.05, 3.63) is 98.4 Å². The molecule has 3 aromatic carbocycles. The van der Waals surface area contributed by atoms with Crippen LogP contribution >= 0.6 is 31.9 Å². The van der Waals surface area contributed by atoms with Gasteiger partial charge in [-0.15, -0.1) is 0 Å². The van der Waals surface area contributed by atoms with Gasteiger partial charge in [-0.05, 0) is 39.2 Å². The van der Waals surface area contributed by atoms with E-state index in [4.69, 9.17) is 0 Å². The summed E-state index contributed by atoms with van der Waals surface area (Å²) in [5.74, 6) is 0.196. The lowest BCUT2D eigenvalue weighted by Crippen LogP contribution is -2.27. The van der Waals surface area contributed by atoms with Gasteiger partial charge in [0.25, 0.3) is 0 Å². The molecule has 0 saturated heterocycles. The van der Waals surface area contributed by atoms with Gasteiger partial charge in [-0.2, -0.15) is 0 Å². The second-order valence-corrected chi connectivity index (χ2v) is 7.79. The van der Waals surface area contributed by atoms with Crippen molar-refractivity contribution < 1.29 is 10.2 Å². The Labute approximate surface area is 170 Å². The van der Waals surface area contributed by atoms with Gasteiger partial charge < -0.3 is 15.5 Å². The first-order valence-electron chi connectivity index (χ1n) is 8.24. The molecule has 0 fully saturated rings. The first kappa shape index (κ1) is 19.1. The van der Waals surface area contributed by atoms with Gasteiger partial charge in [0.05, 0.1) is 16.6 Å². The fourth-order valence-electron chi connectivity index (χ4n) is 2.89. The SMILES string of the molecule is Oc1c(Br)cc(Br)cc1CN[C@@H](c1ccccc1)[C@H](O)c1ccccc1. The normalized spacial score (nSPS) is 13.3. The van der Waals surface area contributed by atoms with Crippen LogP contribution in [0.25, 0.3) is 0 Å². The maximum Gasteiger partial charge on any atom is 0.134 e. The Morgan fingerprint density at radius 1 is 0.846 bits per heavy atom. The van der Waals surface area contributed by atoms with E-state index >= 15 is 0 Å². The van der Waals surface area contributed by atoms with Gasteiger partial charge in [-0.25, -0.2) is 0 Å². The fourth-order valence-corrected chi connectivity index (χ4v) is 4.20. The molecule has 0 amide bonds. The number of nitrogens with one attached hydrogen (secondary N) is 1. The van der Waals surface area contributed by atoms with Crippen LogP contribution in [0.1, 0.15) is 28.8 Å². The lowest BCUT2D eigenvalue weighted by atomic mass is 9.95. The second kappa shape index (κ2) is 8.82. The first-order valence-corrected chi connectivity index (χ1v) is 9.83. The number of hydrogen-bond donors (Lipinski definition) is 3. The molecule has 2 atom stereocenters. The Morgan fingerprint density at radius 3 is 2.04 bits per heavy atom. The summed E-state index contributed by atoms with van der Waals surface area (Å²) in [6.07, 6.45) is -0.712. The number of phenols is 1. The minimum absolute atomic E-state index is 0.196. The maximum atomic E-state index is 10.9. The van der Waals surface area contributed by atoms with E-state index in [9.17, 15) is 10.2 Å². The molecule has 3 aromatic rings. The molecule has 0 aliphatic rings. The van der Waals surface area contributed by atoms with Crippen LogP contribution in [-0.2, 0) is 6.54 Å². The third kappa shape index (κ3) is 4.54. The number of aliphatic hydroxyl groups excluding tert-OH is 1. The molecule has 26 heavy (non-hydrogen) atoms. The second-order valence-electron chi connectivity index (χ2n) is 6.02. The Morgan fingerprint density at radius 2 is 1.42 bits per heavy atom. The van der Waals surface area contributed by atoms with E-state index in [0.29, 0.717) is 11.0 Å². The maximum absolute atomic E-state index is 10.9. The quantitative estimate of drug-likeness (QED) is 0.441. The van der Waals surface area contributed by atoms with Crippen LogP contribution in [0, 0.1) is 0 Å². The standard InChI is InChI=1S/C21H19Br2NO2/c22-17-11-16(20(25)18(23)12-17)13-24-19(14-7-3-1-4-8-14)21(26)15-9-5-2-6-10-15/h1-12,19,21,24-26H,13H2/t19-,21+/m0/s1. The Bertz CT molecular complexity index is 857. The molecule has 3 N–H and O–H groups in total. The van der Waals surface area contributed by atoms with E-state index in [0.717, 1.165) is 21.2 Å². The molecule has 134 valence electrons. The van der Waals surface area contributed by atoms with E-state index in [1.54, 1.807) is 6.07 Å². The predicted octanol–water partition coefficient (Wildman–Crippen LogP) is 5.48. The highest BCUT2D eigenvalue weighted by atomic mass is 79.9. The Balaban J connectivity index is 1.88. The van der Waals surface area contributed by atoms with E-state index in [2.05, 4.69) is 37.2 Å². The summed E-state index contributed by atoms with van der Waals surface area (Å²) < 4.78 is 1.50. The van der Waals surface area contributed by atoms with Crippen molar-refractivity contribution in [2.24, 2.45) is 0 Å². The highest BCUT2D eigenvalue weighted by molar-refractivity contribution is 9.11. The Hall–Kier alpha value is -1.66. The summed E-state index contributed by atoms with van der Waals surface area (Å²) in [4.78, 5) is 0. The summed E-state index contributed by atoms with van der Waals surface area (Å²) in [6, 6.07) is 22.8. The van der Waals surface area contributed by atoms with Gasteiger partial charge in [0, 0.05) is 16.6 Å². The molecule has 0 heterocycles. The predicted molar refractivity (Wildman–Crippen MR) is 111 cm³/mol. The fraction of sp³-hybridized carbons (Fsp3) is 0.143. The number of hydrogen-bond acceptors (Lipinski definition) is 3. The number of aromatic hydroxyl groups is 1. The van der Waals surface area contributed by atoms with Crippen molar-refractivity contribution in [3.63, 3.8) is 0 Å². The monoisotopic (exact) mass is 475 g/mol. The van der Waals surface area contributed by atoms with Crippen LogP contribution in [0.4, 0.5) is 0 Å². The summed E-state index contributed by atoms with van der Waals surface area (Å²) >= 11 is 6.80. The minimum Gasteiger partial charge on any atom is -0.506 e. The zero-order valence-electron chi connectivity index (χ0n) is 13.9. The van der Waals surface area contributed by atoms with Gasteiger partial charge in [0.2, 0.25) is 0 Å². The molecule has 3 rings (SSSR count). The molecule has 0 aliphatic heterocycles. The molecule has 0 bridgehead atoms. The van der Waals surface area contributed by atoms with E-state index in [-0.39, 0.29) is 11.8 Å². The molecular weight excluding hydrogens is 458 g/mol. The lowest BCUT2D eigenvalue weighted by Gasteiger charge is -2.25. The Kier molecular flexibility index (Phi) is 6.48. The van der Waals surface area contributed by atoms with Crippen LogP contribution in [-0.4, -0.2) is 10.2 Å². The van der Waals surface area contributed by atoms with Gasteiger partial charge in [0.15, 0.2) is 0 Å². The molecular formula is C21H19Br2NO2. The van der Waals surface area contributed by atoms with Crippen molar-refractivity contribution in [3.8, 4) is 5.75 Å². The van der Waals surface area contributed by atoms with Crippen LogP contribution in [0.5, 0.6) is 5.75 Å². The topological polar surface area (TPSA) is 52.5 Å². The largest absolute Gasteiger partial charge is 0.506 e. The smallest absolute Gasteiger partial charge is 0.134 e. The van der Waals surface area contributed by atoms with Gasteiger partial charge in [-0.3, -0.25) is 0 Å². The molecule has 5 heteroatoms. The number of halogens is 2. The molecule has 0 aliphatic carbocycles. The number of aliphatic hydroxyl groups is 1. The highest BCUT2D eigenvalue weighted by Crippen LogP contribution is 2.33. The average molecular weight is 477 g/mol. The zero-order chi connectivity index (χ0) is 18.5. The summed E-state index contributed by atoms with van der Waals surface area (Å²) in [5.41, 5.74) is 2.57. The van der Waals surface area contributed by atoms with E-state index < -0.39 is 6.10 Å². The zero-order valence-corrected chi connectivity index (χ0v) is 17.1. The van der Waals surface area contributed by atoms with E-state index in [1.165, 1.54) is 0 Å². The van der Waals surface area contributed by atoms with Gasteiger partial charge in [-0.1, -0.05) is 76.6 Å². The van der Waals surface area contributed by atoms with Crippen LogP contribution in [0.3, 0.4) is 0 Å². The number of benzene rings is 3. The summed E-state index contributed by atoms with van der Waals surface area (Å²) in [7, 11) is 0. The molecule has 0 radical (unpaired) electrons. The van der Waals surface area contributed by atoms with Crippen molar-refractivity contribution in [2.75, 3.05) is 0 Å². The third-order valence-corrected chi connectivity index (χ3v) is 5.30. The van der Waals surface area contributed by atoms with Crippen LogP contribution < -0.4 is 5.32 Å². The van der Waals surface area contributed by atoms with E-state index in [1.807, 2.05) is 66.7 Å². The van der Waals surface area contributed by atoms with Crippen LogP contribution in [0.15, 0.2) is 81.7 Å². The molecule has 0 unspecified atom stereocenters. The van der Waals surface area contributed by atoms with Crippen molar-refractivity contribution in [2.45, 2.75) is 18.7 Å². The summed E-state index contributed by atoms with van der Waals surface area (Å²) in [6.45, 7) is 0.410. The number of phenolic OH excluding ortho intramolecular Hbond substituents is 1. The number of rotatable bonds is 6. The molecule has 0 spiro atoms. The summed E-state index contributed by atoms with van der Waals surface area (Å²) in [5, 5.41) is 24.6. The average Bonchev–Trinajstić information content (AvgIpc) is 2.67. The minimum atomic E-state index is -0.712. The van der Waals surface area contributed by atoms with Gasteiger partial charge >= 0.3 is 0 Å². The molecule has 3 nitrogen and oxygen atoms in total. The van der Waals surface area contributed by atoms with Crippen molar-refractivity contribution in [1.82, 2.24) is 5.32 Å². The van der Waals surface area contributed by atoms with Crippen LogP contribution in [0.2, 0.25) is 0 Å². The highest BCUT2D eigenvalue weighted by Gasteiger charge is 2.22. The lowest BCUT2D eigenvalue weighted by molar-refractivity contribution is 0.127. The molecule has 0 saturated carbocycles. The van der Waals surface area contributed by atoms with Crippen molar-refractivity contribution >= 4 is 31.9 Å². The third-order valence-electron chi connectivity index (χ3n) is 4.24. The van der Waals surface area contributed by atoms with Gasteiger partial charge in [0.1, 0.15) is 5.75 Å². The molecule has 0 aromatic heterocycles.